The predicted octanol–water partition coefficient (Wildman–Crippen LogP) is 9.57. The van der Waals surface area contributed by atoms with Crippen LogP contribution in [-0.4, -0.2) is 73.4 Å². The largest absolute Gasteiger partial charge is 0.472 e. The van der Waals surface area contributed by atoms with Gasteiger partial charge in [0.2, 0.25) is 5.91 Å². The van der Waals surface area contributed by atoms with Crippen molar-refractivity contribution in [1.29, 1.82) is 0 Å². The second kappa shape index (κ2) is 30.8. The lowest BCUT2D eigenvalue weighted by molar-refractivity contribution is -0.870. The third kappa shape index (κ3) is 33.0. The molecule has 0 saturated carbocycles. The Balaban J connectivity index is 4.41. The van der Waals surface area contributed by atoms with Gasteiger partial charge in [-0.15, -0.1) is 0 Å². The van der Waals surface area contributed by atoms with Gasteiger partial charge in [-0.3, -0.25) is 13.8 Å². The molecule has 0 spiro atoms. The lowest BCUT2D eigenvalue weighted by Gasteiger charge is -2.25. The van der Waals surface area contributed by atoms with Crippen LogP contribution >= 0.6 is 7.82 Å². The van der Waals surface area contributed by atoms with Crippen LogP contribution in [0.15, 0.2) is 36.5 Å². The molecule has 0 saturated heterocycles. The van der Waals surface area contributed by atoms with Gasteiger partial charge in [0, 0.05) is 6.42 Å². The number of carbonyl (C=O) groups is 1. The van der Waals surface area contributed by atoms with Crippen LogP contribution < -0.4 is 5.32 Å². The number of phosphoric acid groups is 1. The number of hydrogen-bond donors (Lipinski definition) is 3. The molecule has 3 atom stereocenters. The van der Waals surface area contributed by atoms with Gasteiger partial charge >= 0.3 is 7.82 Å². The van der Waals surface area contributed by atoms with Crippen LogP contribution in [0.1, 0.15) is 149 Å². The highest BCUT2D eigenvalue weighted by atomic mass is 31.2. The van der Waals surface area contributed by atoms with E-state index >= 15 is 0 Å². The molecule has 0 heterocycles. The van der Waals surface area contributed by atoms with E-state index < -0.39 is 20.0 Å². The van der Waals surface area contributed by atoms with Crippen molar-refractivity contribution in [2.45, 2.75) is 161 Å². The Morgan fingerprint density at radius 3 is 1.70 bits per heavy atom. The van der Waals surface area contributed by atoms with Crippen LogP contribution in [0, 0.1) is 0 Å². The molecule has 8 nitrogen and oxygen atoms in total. The highest BCUT2D eigenvalue weighted by molar-refractivity contribution is 7.47. The molecular formula is C38H74N2O6P+. The number of phosphoric ester groups is 1. The first-order chi connectivity index (χ1) is 22.5. The van der Waals surface area contributed by atoms with Gasteiger partial charge in [0.1, 0.15) is 13.2 Å². The van der Waals surface area contributed by atoms with Crippen molar-refractivity contribution in [2.75, 3.05) is 40.9 Å². The number of unbranched alkanes of at least 4 members (excludes halogenated alkanes) is 16. The molecule has 0 aromatic heterocycles. The van der Waals surface area contributed by atoms with E-state index in [-0.39, 0.29) is 19.1 Å². The first-order valence-corrected chi connectivity index (χ1v) is 20.4. The van der Waals surface area contributed by atoms with Crippen molar-refractivity contribution in [2.24, 2.45) is 0 Å². The summed E-state index contributed by atoms with van der Waals surface area (Å²) in [4.78, 5) is 22.7. The van der Waals surface area contributed by atoms with Gasteiger partial charge in [0.25, 0.3) is 0 Å². The maximum atomic E-state index is 12.6. The summed E-state index contributed by atoms with van der Waals surface area (Å²) in [5.74, 6) is -0.207. The lowest BCUT2D eigenvalue weighted by Crippen LogP contribution is -2.45. The maximum absolute atomic E-state index is 12.6. The predicted molar refractivity (Wildman–Crippen MR) is 198 cm³/mol. The molecule has 3 unspecified atom stereocenters. The lowest BCUT2D eigenvalue weighted by atomic mass is 10.1. The Kier molecular flexibility index (Phi) is 29.9. The topological polar surface area (TPSA) is 105 Å². The number of quaternary nitrogens is 1. The summed E-state index contributed by atoms with van der Waals surface area (Å²) in [6, 6.07) is -0.862. The molecule has 0 aliphatic rings. The molecule has 0 radical (unpaired) electrons. The number of amides is 1. The minimum atomic E-state index is -4.33. The summed E-state index contributed by atoms with van der Waals surface area (Å²) in [6.45, 7) is 4.66. The monoisotopic (exact) mass is 686 g/mol. The Hall–Kier alpha value is -1.28. The number of rotatable bonds is 33. The molecule has 0 aromatic carbocycles. The molecule has 47 heavy (non-hydrogen) atoms. The number of allylic oxidation sites excluding steroid dienone is 5. The average Bonchev–Trinajstić information content (AvgIpc) is 3.01. The number of nitrogens with zero attached hydrogens (tertiary/aromatic N) is 1. The van der Waals surface area contributed by atoms with Crippen LogP contribution in [0.3, 0.4) is 0 Å². The summed E-state index contributed by atoms with van der Waals surface area (Å²) < 4.78 is 23.3. The second-order valence-corrected chi connectivity index (χ2v) is 15.4. The van der Waals surface area contributed by atoms with Gasteiger partial charge in [0.05, 0.1) is 39.9 Å². The molecule has 0 bridgehead atoms. The molecule has 1 amide bonds. The molecule has 0 aliphatic heterocycles. The third-order valence-corrected chi connectivity index (χ3v) is 9.07. The van der Waals surface area contributed by atoms with Crippen LogP contribution in [0.5, 0.6) is 0 Å². The van der Waals surface area contributed by atoms with Gasteiger partial charge in [-0.2, -0.15) is 0 Å². The van der Waals surface area contributed by atoms with E-state index in [2.05, 4.69) is 43.5 Å². The van der Waals surface area contributed by atoms with E-state index in [1.54, 1.807) is 6.08 Å². The molecular weight excluding hydrogens is 611 g/mol. The number of likely N-dealkylation sites (N-methyl/N-ethyl adjacent to an activating group) is 1. The number of carbonyl (C=O) groups excluding carboxylic acids is 1. The van der Waals surface area contributed by atoms with E-state index in [9.17, 15) is 19.4 Å². The zero-order chi connectivity index (χ0) is 35.1. The van der Waals surface area contributed by atoms with Gasteiger partial charge in [-0.05, 0) is 44.9 Å². The highest BCUT2D eigenvalue weighted by Gasteiger charge is 2.27. The summed E-state index contributed by atoms with van der Waals surface area (Å²) in [5, 5.41) is 13.6. The van der Waals surface area contributed by atoms with Crippen molar-refractivity contribution in [3.8, 4) is 0 Å². The fourth-order valence-corrected chi connectivity index (χ4v) is 5.75. The fourth-order valence-electron chi connectivity index (χ4n) is 5.01. The summed E-state index contributed by atoms with van der Waals surface area (Å²) >= 11 is 0. The van der Waals surface area contributed by atoms with Crippen molar-refractivity contribution in [1.82, 2.24) is 5.32 Å². The molecule has 276 valence electrons. The zero-order valence-electron chi connectivity index (χ0n) is 31.0. The standard InChI is InChI=1S/C38H73N2O6P/c1-6-8-10-12-13-14-15-16-17-18-19-20-21-22-23-24-25-26-28-29-31-37(41)36(39-38(42)32-30-27-11-9-7-2)35-46-47(43,44)45-34-33-40(3,4)5/h20-21,24-25,29,31,36-37,41H,6-19,22-23,26-28,30,32-35H2,1-5H3,(H-,39,42,43,44)/p+1/b21-20+,25-24+,31-29+. The molecule has 0 fully saturated rings. The van der Waals surface area contributed by atoms with Gasteiger partial charge in [-0.25, -0.2) is 4.57 Å². The minimum absolute atomic E-state index is 0.0533. The van der Waals surface area contributed by atoms with Crippen LogP contribution in [0.2, 0.25) is 0 Å². The third-order valence-electron chi connectivity index (χ3n) is 8.09. The van der Waals surface area contributed by atoms with Crippen molar-refractivity contribution < 1.29 is 32.9 Å². The van der Waals surface area contributed by atoms with E-state index in [1.165, 1.54) is 70.6 Å². The Morgan fingerprint density at radius 2 is 1.17 bits per heavy atom. The van der Waals surface area contributed by atoms with E-state index in [4.69, 9.17) is 9.05 Å². The first-order valence-electron chi connectivity index (χ1n) is 18.9. The molecule has 0 rings (SSSR count). The summed E-state index contributed by atoms with van der Waals surface area (Å²) in [5.41, 5.74) is 0. The number of aliphatic hydroxyl groups is 1. The van der Waals surface area contributed by atoms with Crippen LogP contribution in [-0.2, 0) is 18.4 Å². The molecule has 0 aromatic rings. The minimum Gasteiger partial charge on any atom is -0.387 e. The summed E-state index contributed by atoms with van der Waals surface area (Å²) in [7, 11) is 1.54. The van der Waals surface area contributed by atoms with Gasteiger partial charge < -0.3 is 19.8 Å². The molecule has 9 heteroatoms. The summed E-state index contributed by atoms with van der Waals surface area (Å²) in [6.07, 6.45) is 35.4. The van der Waals surface area contributed by atoms with Crippen LogP contribution in [0.4, 0.5) is 0 Å². The van der Waals surface area contributed by atoms with E-state index in [0.29, 0.717) is 17.4 Å². The normalized spacial score (nSPS) is 15.1. The molecule has 0 aliphatic carbocycles. The quantitative estimate of drug-likeness (QED) is 0.0275. The second-order valence-electron chi connectivity index (χ2n) is 13.9. The van der Waals surface area contributed by atoms with Crippen LogP contribution in [0.25, 0.3) is 0 Å². The van der Waals surface area contributed by atoms with E-state index in [1.807, 2.05) is 27.2 Å². The van der Waals surface area contributed by atoms with Crippen molar-refractivity contribution in [3.63, 3.8) is 0 Å². The average molecular weight is 686 g/mol. The smallest absolute Gasteiger partial charge is 0.387 e. The number of nitrogens with one attached hydrogen (secondary N) is 1. The Bertz CT molecular complexity index is 871. The van der Waals surface area contributed by atoms with Gasteiger partial charge in [-0.1, -0.05) is 134 Å². The fraction of sp³-hybridized carbons (Fsp3) is 0.816. The highest BCUT2D eigenvalue weighted by Crippen LogP contribution is 2.43. The van der Waals surface area contributed by atoms with Gasteiger partial charge in [0.15, 0.2) is 0 Å². The van der Waals surface area contributed by atoms with E-state index in [0.717, 1.165) is 57.8 Å². The molecule has 3 N–H and O–H groups in total. The first kappa shape index (κ1) is 45.7. The number of aliphatic hydroxyl groups excluding tert-OH is 1. The Labute approximate surface area is 289 Å². The maximum Gasteiger partial charge on any atom is 0.472 e. The zero-order valence-corrected chi connectivity index (χ0v) is 31.9. The van der Waals surface area contributed by atoms with Crippen molar-refractivity contribution in [3.05, 3.63) is 36.5 Å². The number of hydrogen-bond acceptors (Lipinski definition) is 5. The van der Waals surface area contributed by atoms with Crippen molar-refractivity contribution >= 4 is 13.7 Å². The SMILES string of the molecule is CCCCCCCCCCCC/C=C/CC/C=C/CC/C=C/C(O)C(COP(=O)(O)OCC[N+](C)(C)C)NC(=O)CCCCCCC. The Morgan fingerprint density at radius 1 is 0.702 bits per heavy atom.